The number of hydrogen-bond acceptors (Lipinski definition) is 3. The molecule has 0 unspecified atom stereocenters. The van der Waals surface area contributed by atoms with Crippen LogP contribution in [0.1, 0.15) is 28.0 Å². The van der Waals surface area contributed by atoms with Crippen molar-refractivity contribution in [2.45, 2.75) is 6.43 Å². The summed E-state index contributed by atoms with van der Waals surface area (Å²) in [7, 11) is 0. The van der Waals surface area contributed by atoms with Crippen LogP contribution >= 0.6 is 0 Å². The van der Waals surface area contributed by atoms with Crippen LogP contribution < -0.4 is 0 Å². The Hall–Kier alpha value is -2.10. The number of carbonyl (C=O) groups is 1. The summed E-state index contributed by atoms with van der Waals surface area (Å²) in [5.41, 5.74) is -2.69. The van der Waals surface area contributed by atoms with Gasteiger partial charge in [0.15, 0.2) is 5.69 Å². The SMILES string of the molecule is N#Cc1cc(C(=O)O)nc(F)c1C(F)F. The molecule has 0 spiro atoms. The molecular formula is C8H3F3N2O2. The van der Waals surface area contributed by atoms with Gasteiger partial charge in [0.05, 0.1) is 17.2 Å². The molecule has 4 nitrogen and oxygen atoms in total. The highest BCUT2D eigenvalue weighted by Crippen LogP contribution is 2.25. The first-order valence-corrected chi connectivity index (χ1v) is 3.59. The fourth-order valence-electron chi connectivity index (χ4n) is 0.933. The molecule has 0 bridgehead atoms. The van der Waals surface area contributed by atoms with Gasteiger partial charge in [0.1, 0.15) is 0 Å². The van der Waals surface area contributed by atoms with Crippen LogP contribution in [0.2, 0.25) is 0 Å². The number of nitrogens with zero attached hydrogens (tertiary/aromatic N) is 2. The van der Waals surface area contributed by atoms with E-state index >= 15 is 0 Å². The van der Waals surface area contributed by atoms with Gasteiger partial charge in [-0.15, -0.1) is 0 Å². The number of alkyl halides is 2. The van der Waals surface area contributed by atoms with E-state index in [1.165, 1.54) is 6.07 Å². The molecule has 78 valence electrons. The van der Waals surface area contributed by atoms with Gasteiger partial charge in [0, 0.05) is 0 Å². The molecule has 0 saturated heterocycles. The average Bonchev–Trinajstić information content (AvgIpc) is 2.15. The van der Waals surface area contributed by atoms with Crippen LogP contribution in [0.3, 0.4) is 0 Å². The van der Waals surface area contributed by atoms with Gasteiger partial charge in [-0.1, -0.05) is 0 Å². The first-order chi connectivity index (χ1) is 6.97. The topological polar surface area (TPSA) is 74.0 Å². The molecule has 7 heteroatoms. The third-order valence-corrected chi connectivity index (χ3v) is 1.57. The highest BCUT2D eigenvalue weighted by molar-refractivity contribution is 5.85. The van der Waals surface area contributed by atoms with Crippen molar-refractivity contribution in [2.75, 3.05) is 0 Å². The van der Waals surface area contributed by atoms with Crippen LogP contribution in [0.5, 0.6) is 0 Å². The lowest BCUT2D eigenvalue weighted by atomic mass is 10.1. The van der Waals surface area contributed by atoms with Crippen LogP contribution in [-0.4, -0.2) is 16.1 Å². The highest BCUT2D eigenvalue weighted by Gasteiger charge is 2.22. The Labute approximate surface area is 81.6 Å². The van der Waals surface area contributed by atoms with E-state index in [0.29, 0.717) is 6.07 Å². The molecule has 0 saturated carbocycles. The third kappa shape index (κ3) is 2.04. The van der Waals surface area contributed by atoms with E-state index in [0.717, 1.165) is 0 Å². The molecule has 1 rings (SSSR count). The van der Waals surface area contributed by atoms with Gasteiger partial charge in [-0.25, -0.2) is 18.6 Å². The van der Waals surface area contributed by atoms with E-state index in [1.54, 1.807) is 0 Å². The first kappa shape index (κ1) is 11.0. The molecule has 0 aliphatic carbocycles. The Bertz CT molecular complexity index is 454. The molecule has 1 aromatic rings. The molecule has 0 fully saturated rings. The summed E-state index contributed by atoms with van der Waals surface area (Å²) in [6, 6.07) is 1.89. The number of hydrogen-bond donors (Lipinski definition) is 1. The lowest BCUT2D eigenvalue weighted by Gasteiger charge is -2.04. The number of aromatic carboxylic acids is 1. The maximum absolute atomic E-state index is 12.9. The zero-order chi connectivity index (χ0) is 11.6. The van der Waals surface area contributed by atoms with Gasteiger partial charge < -0.3 is 5.11 Å². The minimum absolute atomic E-state index is 0.604. The van der Waals surface area contributed by atoms with E-state index in [-0.39, 0.29) is 0 Å². The Balaban J connectivity index is 3.46. The summed E-state index contributed by atoms with van der Waals surface area (Å²) in [5, 5.41) is 16.9. The standard InChI is InChI=1S/C8H3F3N2O2/c9-6(10)5-3(2-12)1-4(8(14)15)13-7(5)11/h1,6H,(H,14,15). The maximum Gasteiger partial charge on any atom is 0.354 e. The van der Waals surface area contributed by atoms with Crippen molar-refractivity contribution in [1.82, 2.24) is 4.98 Å². The highest BCUT2D eigenvalue weighted by atomic mass is 19.3. The van der Waals surface area contributed by atoms with Crippen molar-refractivity contribution in [3.63, 3.8) is 0 Å². The predicted octanol–water partition coefficient (Wildman–Crippen LogP) is 1.73. The van der Waals surface area contributed by atoms with E-state index in [2.05, 4.69) is 4.98 Å². The molecule has 1 aromatic heterocycles. The number of rotatable bonds is 2. The molecule has 15 heavy (non-hydrogen) atoms. The molecular weight excluding hydrogens is 213 g/mol. The zero-order valence-electron chi connectivity index (χ0n) is 7.04. The van der Waals surface area contributed by atoms with Crippen LogP contribution in [-0.2, 0) is 0 Å². The lowest BCUT2D eigenvalue weighted by Crippen LogP contribution is -2.07. The molecule has 1 heterocycles. The van der Waals surface area contributed by atoms with Crippen molar-refractivity contribution in [3.05, 3.63) is 28.8 Å². The monoisotopic (exact) mass is 216 g/mol. The van der Waals surface area contributed by atoms with Gasteiger partial charge in [-0.2, -0.15) is 9.65 Å². The van der Waals surface area contributed by atoms with E-state index < -0.39 is 35.2 Å². The number of pyridine rings is 1. The van der Waals surface area contributed by atoms with Gasteiger partial charge in [-0.3, -0.25) is 0 Å². The molecule has 0 aromatic carbocycles. The van der Waals surface area contributed by atoms with Gasteiger partial charge in [0.2, 0.25) is 5.95 Å². The minimum atomic E-state index is -3.21. The summed E-state index contributed by atoms with van der Waals surface area (Å²) in [6.07, 6.45) is -3.21. The fraction of sp³-hybridized carbons (Fsp3) is 0.125. The molecule has 0 aliphatic rings. The van der Waals surface area contributed by atoms with Gasteiger partial charge >= 0.3 is 5.97 Å². The molecule has 1 N–H and O–H groups in total. The van der Waals surface area contributed by atoms with Crippen molar-refractivity contribution in [1.29, 1.82) is 5.26 Å². The molecule has 0 radical (unpaired) electrons. The normalized spacial score (nSPS) is 10.1. The summed E-state index contributed by atoms with van der Waals surface area (Å²) < 4.78 is 37.4. The largest absolute Gasteiger partial charge is 0.477 e. The van der Waals surface area contributed by atoms with Gasteiger partial charge in [-0.05, 0) is 6.07 Å². The zero-order valence-corrected chi connectivity index (χ0v) is 7.04. The van der Waals surface area contributed by atoms with Crippen LogP contribution in [0, 0.1) is 17.3 Å². The summed E-state index contributed by atoms with van der Waals surface area (Å²) >= 11 is 0. The molecule has 0 amide bonds. The van der Waals surface area contributed by atoms with E-state index in [1.807, 2.05) is 0 Å². The van der Waals surface area contributed by atoms with Crippen LogP contribution in [0.4, 0.5) is 13.2 Å². The fourth-order valence-corrected chi connectivity index (χ4v) is 0.933. The first-order valence-electron chi connectivity index (χ1n) is 3.59. The number of carboxylic acid groups (broad SMARTS) is 1. The number of nitriles is 1. The minimum Gasteiger partial charge on any atom is -0.477 e. The molecule has 0 aliphatic heterocycles. The van der Waals surface area contributed by atoms with E-state index in [9.17, 15) is 18.0 Å². The Morgan fingerprint density at radius 2 is 2.20 bits per heavy atom. The second kappa shape index (κ2) is 3.96. The van der Waals surface area contributed by atoms with Crippen molar-refractivity contribution >= 4 is 5.97 Å². The maximum atomic E-state index is 12.9. The smallest absolute Gasteiger partial charge is 0.354 e. The summed E-state index contributed by atoms with van der Waals surface area (Å²) in [4.78, 5) is 13.2. The van der Waals surface area contributed by atoms with Crippen molar-refractivity contribution in [3.8, 4) is 6.07 Å². The van der Waals surface area contributed by atoms with Crippen molar-refractivity contribution < 1.29 is 23.1 Å². The van der Waals surface area contributed by atoms with E-state index in [4.69, 9.17) is 10.4 Å². The lowest BCUT2D eigenvalue weighted by molar-refractivity contribution is 0.0687. The average molecular weight is 216 g/mol. The second-order valence-electron chi connectivity index (χ2n) is 2.48. The number of aromatic nitrogens is 1. The Kier molecular flexibility index (Phi) is 2.90. The van der Waals surface area contributed by atoms with Crippen LogP contribution in [0.25, 0.3) is 0 Å². The second-order valence-corrected chi connectivity index (χ2v) is 2.48. The Morgan fingerprint density at radius 1 is 1.60 bits per heavy atom. The quantitative estimate of drug-likeness (QED) is 0.764. The van der Waals surface area contributed by atoms with Crippen LogP contribution in [0.15, 0.2) is 6.07 Å². The summed E-state index contributed by atoms with van der Waals surface area (Å²) in [6.45, 7) is 0. The predicted molar refractivity (Wildman–Crippen MR) is 40.8 cm³/mol. The third-order valence-electron chi connectivity index (χ3n) is 1.57. The van der Waals surface area contributed by atoms with Gasteiger partial charge in [0.25, 0.3) is 6.43 Å². The molecule has 0 atom stereocenters. The van der Waals surface area contributed by atoms with Crippen molar-refractivity contribution in [2.24, 2.45) is 0 Å². The number of carboxylic acids is 1. The summed E-state index contributed by atoms with van der Waals surface area (Å²) in [5.74, 6) is -3.23. The Morgan fingerprint density at radius 3 is 2.60 bits per heavy atom. The number of halogens is 3.